The van der Waals surface area contributed by atoms with E-state index in [0.717, 1.165) is 42.9 Å². The zero-order valence-corrected chi connectivity index (χ0v) is 20.2. The first-order valence-electron chi connectivity index (χ1n) is 10.7. The molecule has 0 aliphatic carbocycles. The molecule has 0 amide bonds. The first-order valence-corrected chi connectivity index (χ1v) is 11.8. The summed E-state index contributed by atoms with van der Waals surface area (Å²) in [5.41, 5.74) is 5.76. The van der Waals surface area contributed by atoms with Crippen LogP contribution < -0.4 is 10.2 Å². The molecule has 33 heavy (non-hydrogen) atoms. The van der Waals surface area contributed by atoms with Crippen LogP contribution in [0.5, 0.6) is 5.75 Å². The molecule has 6 rings (SSSR count). The van der Waals surface area contributed by atoms with E-state index in [1.807, 2.05) is 74.5 Å². The summed E-state index contributed by atoms with van der Waals surface area (Å²) in [5, 5.41) is 0.550. The van der Waals surface area contributed by atoms with Crippen LogP contribution in [0.4, 0.5) is 0 Å². The molecule has 0 saturated heterocycles. The standard InChI is InChI=1S/C28H19IO4/c1-15-8-10-21-18(12-15)25(30)20(14-31-21)28-23-24(29)26(17-6-4-3-5-7-17)33-27(23)19-13-16(2)9-11-22(19)32-28/h3-14,28H,1-2H3. The molecule has 3 heterocycles. The zero-order chi connectivity index (χ0) is 22.7. The van der Waals surface area contributed by atoms with E-state index >= 15 is 0 Å². The van der Waals surface area contributed by atoms with Gasteiger partial charge in [-0.05, 0) is 60.7 Å². The Kier molecular flexibility index (Phi) is 4.69. The molecule has 0 bridgehead atoms. The SMILES string of the molecule is Cc1ccc2c(c1)-c1oc(-c3ccccc3)c(I)c1C(c1coc3ccc(C)cc3c1=O)O2. The predicted octanol–water partition coefficient (Wildman–Crippen LogP) is 7.42. The molecule has 162 valence electrons. The van der Waals surface area contributed by atoms with E-state index < -0.39 is 6.10 Å². The van der Waals surface area contributed by atoms with Crippen LogP contribution in [0.2, 0.25) is 0 Å². The summed E-state index contributed by atoms with van der Waals surface area (Å²) < 4.78 is 19.7. The number of benzene rings is 3. The largest absolute Gasteiger partial charge is 0.480 e. The first kappa shape index (κ1) is 20.3. The second kappa shape index (κ2) is 7.63. The maximum absolute atomic E-state index is 13.6. The molecule has 1 aliphatic rings. The molecule has 0 radical (unpaired) electrons. The fraction of sp³-hybridized carbons (Fsp3) is 0.107. The van der Waals surface area contributed by atoms with E-state index in [1.54, 1.807) is 0 Å². The molecule has 3 aromatic carbocycles. The Bertz CT molecular complexity index is 1590. The number of furan rings is 1. The Morgan fingerprint density at radius 3 is 2.45 bits per heavy atom. The quantitative estimate of drug-likeness (QED) is 0.216. The molecule has 4 nitrogen and oxygen atoms in total. The summed E-state index contributed by atoms with van der Waals surface area (Å²) >= 11 is 2.30. The minimum Gasteiger partial charge on any atom is -0.480 e. The average molecular weight is 546 g/mol. The van der Waals surface area contributed by atoms with Crippen molar-refractivity contribution in [2.75, 3.05) is 0 Å². The van der Waals surface area contributed by atoms with Crippen LogP contribution in [0.25, 0.3) is 33.6 Å². The highest BCUT2D eigenvalue weighted by atomic mass is 127. The number of rotatable bonds is 2. The monoisotopic (exact) mass is 546 g/mol. The summed E-state index contributed by atoms with van der Waals surface area (Å²) in [6.45, 7) is 4.00. The summed E-state index contributed by atoms with van der Waals surface area (Å²) in [6, 6.07) is 21.6. The summed E-state index contributed by atoms with van der Waals surface area (Å²) in [6.07, 6.45) is 0.892. The van der Waals surface area contributed by atoms with Crippen molar-refractivity contribution in [3.63, 3.8) is 0 Å². The predicted molar refractivity (Wildman–Crippen MR) is 137 cm³/mol. The van der Waals surface area contributed by atoms with Crippen LogP contribution in [0, 0.1) is 17.4 Å². The minimum absolute atomic E-state index is 0.0928. The van der Waals surface area contributed by atoms with Crippen molar-refractivity contribution < 1.29 is 13.6 Å². The van der Waals surface area contributed by atoms with E-state index in [9.17, 15) is 4.79 Å². The van der Waals surface area contributed by atoms with Gasteiger partial charge in [0.05, 0.1) is 25.6 Å². The maximum Gasteiger partial charge on any atom is 0.199 e. The molecule has 5 heteroatoms. The average Bonchev–Trinajstić information content (AvgIpc) is 3.18. The highest BCUT2D eigenvalue weighted by Gasteiger charge is 2.37. The van der Waals surface area contributed by atoms with E-state index in [1.165, 1.54) is 6.26 Å². The molecule has 0 saturated carbocycles. The third-order valence-corrected chi connectivity index (χ3v) is 7.12. The Morgan fingerprint density at radius 2 is 1.64 bits per heavy atom. The van der Waals surface area contributed by atoms with Gasteiger partial charge in [-0.2, -0.15) is 0 Å². The highest BCUT2D eigenvalue weighted by molar-refractivity contribution is 14.1. The molecule has 1 unspecified atom stereocenters. The van der Waals surface area contributed by atoms with Crippen molar-refractivity contribution in [1.82, 2.24) is 0 Å². The van der Waals surface area contributed by atoms with Gasteiger partial charge in [-0.3, -0.25) is 4.79 Å². The maximum atomic E-state index is 13.6. The lowest BCUT2D eigenvalue weighted by Crippen LogP contribution is -2.22. The van der Waals surface area contributed by atoms with Gasteiger partial charge in [0.2, 0.25) is 0 Å². The Balaban J connectivity index is 1.63. The van der Waals surface area contributed by atoms with Crippen molar-refractivity contribution in [1.29, 1.82) is 0 Å². The number of hydrogen-bond donors (Lipinski definition) is 0. The molecule has 2 aromatic heterocycles. The number of halogens is 1. The Morgan fingerprint density at radius 1 is 0.879 bits per heavy atom. The van der Waals surface area contributed by atoms with Gasteiger partial charge < -0.3 is 13.6 Å². The molecular formula is C28H19IO4. The number of hydrogen-bond acceptors (Lipinski definition) is 4. The van der Waals surface area contributed by atoms with E-state index in [2.05, 4.69) is 28.7 Å². The third kappa shape index (κ3) is 3.22. The second-order valence-corrected chi connectivity index (χ2v) is 9.45. The van der Waals surface area contributed by atoms with Gasteiger partial charge in [0.1, 0.15) is 29.1 Å². The highest BCUT2D eigenvalue weighted by Crippen LogP contribution is 2.50. The van der Waals surface area contributed by atoms with Gasteiger partial charge >= 0.3 is 0 Å². The van der Waals surface area contributed by atoms with Crippen molar-refractivity contribution in [3.05, 3.63) is 109 Å². The van der Waals surface area contributed by atoms with Gasteiger partial charge in [-0.25, -0.2) is 0 Å². The summed E-state index contributed by atoms with van der Waals surface area (Å²) in [4.78, 5) is 13.6. The minimum atomic E-state index is -0.635. The van der Waals surface area contributed by atoms with E-state index in [0.29, 0.717) is 22.3 Å². The van der Waals surface area contributed by atoms with Gasteiger partial charge in [-0.1, -0.05) is 53.6 Å². The van der Waals surface area contributed by atoms with Gasteiger partial charge in [0.15, 0.2) is 11.5 Å². The van der Waals surface area contributed by atoms with Crippen molar-refractivity contribution in [3.8, 4) is 28.4 Å². The smallest absolute Gasteiger partial charge is 0.199 e. The van der Waals surface area contributed by atoms with Crippen molar-refractivity contribution in [2.45, 2.75) is 20.0 Å². The van der Waals surface area contributed by atoms with Crippen LogP contribution in [0.1, 0.15) is 28.4 Å². The molecule has 1 aliphatic heterocycles. The fourth-order valence-electron chi connectivity index (χ4n) is 4.40. The zero-order valence-electron chi connectivity index (χ0n) is 18.0. The lowest BCUT2D eigenvalue weighted by molar-refractivity contribution is 0.236. The lowest BCUT2D eigenvalue weighted by Gasteiger charge is -2.26. The normalized spacial score (nSPS) is 14.6. The van der Waals surface area contributed by atoms with Crippen molar-refractivity contribution in [2.24, 2.45) is 0 Å². The second-order valence-electron chi connectivity index (χ2n) is 8.37. The molecule has 1 atom stereocenters. The van der Waals surface area contributed by atoms with E-state index in [-0.39, 0.29) is 5.43 Å². The van der Waals surface area contributed by atoms with Crippen molar-refractivity contribution >= 4 is 33.6 Å². The molecule has 0 fully saturated rings. The van der Waals surface area contributed by atoms with Gasteiger partial charge in [-0.15, -0.1) is 0 Å². The van der Waals surface area contributed by atoms with Crippen LogP contribution in [0.3, 0.4) is 0 Å². The van der Waals surface area contributed by atoms with Crippen LogP contribution in [0.15, 0.2) is 86.6 Å². The third-order valence-electron chi connectivity index (χ3n) is 6.04. The summed E-state index contributed by atoms with van der Waals surface area (Å²) in [5.74, 6) is 2.19. The van der Waals surface area contributed by atoms with Gasteiger partial charge in [0, 0.05) is 5.56 Å². The van der Waals surface area contributed by atoms with Crippen LogP contribution in [-0.2, 0) is 0 Å². The fourth-order valence-corrected chi connectivity index (χ4v) is 5.35. The number of ether oxygens (including phenoxy) is 1. The molecule has 0 N–H and O–H groups in total. The number of fused-ring (bicyclic) bond motifs is 4. The number of aryl methyl sites for hydroxylation is 2. The van der Waals surface area contributed by atoms with E-state index in [4.69, 9.17) is 13.6 Å². The topological polar surface area (TPSA) is 52.6 Å². The molecule has 5 aromatic rings. The first-order chi connectivity index (χ1) is 16.0. The van der Waals surface area contributed by atoms with Gasteiger partial charge in [0.25, 0.3) is 0 Å². The van der Waals surface area contributed by atoms with Crippen LogP contribution in [-0.4, -0.2) is 0 Å². The molecule has 0 spiro atoms. The van der Waals surface area contributed by atoms with Crippen LogP contribution >= 0.6 is 22.6 Å². The molecular weight excluding hydrogens is 527 g/mol. The Hall–Kier alpha value is -3.32. The lowest BCUT2D eigenvalue weighted by atomic mass is 9.94. The Labute approximate surface area is 204 Å². The summed E-state index contributed by atoms with van der Waals surface area (Å²) in [7, 11) is 0.